The lowest BCUT2D eigenvalue weighted by atomic mass is 10.1. The van der Waals surface area contributed by atoms with Crippen molar-refractivity contribution in [2.45, 2.75) is 44.6 Å². The zero-order chi connectivity index (χ0) is 25.1. The summed E-state index contributed by atoms with van der Waals surface area (Å²) in [6.45, 7) is 7.97. The maximum atomic E-state index is 13.7. The van der Waals surface area contributed by atoms with Crippen molar-refractivity contribution < 1.29 is 9.53 Å². The minimum Gasteiger partial charge on any atom is -0.497 e. The fraction of sp³-hybridized carbons (Fsp3) is 0.250. The van der Waals surface area contributed by atoms with E-state index in [9.17, 15) is 9.59 Å². The maximum absolute atomic E-state index is 13.7. The standard InChI is InChI=1S/C28H29N3O3S/c1-17(2)29-26(32)20-8-13-24-25(15-20)30-28(35-16-21-14-18(3)6-7-19(21)4)31(27(24)33)22-9-11-23(34-5)12-10-22/h6-15,17H,16H2,1-5H3,(H,29,32). The SMILES string of the molecule is COc1ccc(-n2c(SCc3cc(C)ccc3C)nc3cc(C(=O)NC(C)C)ccc3c2=O)cc1. The Morgan fingerprint density at radius 2 is 1.80 bits per heavy atom. The van der Waals surface area contributed by atoms with Crippen LogP contribution in [0.2, 0.25) is 0 Å². The van der Waals surface area contributed by atoms with Gasteiger partial charge >= 0.3 is 0 Å². The molecule has 4 aromatic rings. The predicted molar refractivity (Wildman–Crippen MR) is 142 cm³/mol. The zero-order valence-corrected chi connectivity index (χ0v) is 21.4. The number of hydrogen-bond acceptors (Lipinski definition) is 5. The summed E-state index contributed by atoms with van der Waals surface area (Å²) < 4.78 is 6.91. The second-order valence-corrected chi connectivity index (χ2v) is 9.75. The molecule has 0 saturated heterocycles. The van der Waals surface area contributed by atoms with Gasteiger partial charge in [-0.15, -0.1) is 0 Å². The van der Waals surface area contributed by atoms with Crippen molar-refractivity contribution in [3.63, 3.8) is 0 Å². The second kappa shape index (κ2) is 10.4. The highest BCUT2D eigenvalue weighted by Gasteiger charge is 2.16. The highest BCUT2D eigenvalue weighted by atomic mass is 32.2. The number of aromatic nitrogens is 2. The fourth-order valence-electron chi connectivity index (χ4n) is 3.81. The topological polar surface area (TPSA) is 73.2 Å². The first-order valence-corrected chi connectivity index (χ1v) is 12.5. The molecule has 6 nitrogen and oxygen atoms in total. The monoisotopic (exact) mass is 487 g/mol. The van der Waals surface area contributed by atoms with Gasteiger partial charge in [-0.25, -0.2) is 4.98 Å². The molecule has 0 spiro atoms. The van der Waals surface area contributed by atoms with Gasteiger partial charge in [0.1, 0.15) is 5.75 Å². The molecular weight excluding hydrogens is 458 g/mol. The van der Waals surface area contributed by atoms with E-state index in [2.05, 4.69) is 37.4 Å². The van der Waals surface area contributed by atoms with Crippen molar-refractivity contribution in [3.05, 3.63) is 93.3 Å². The van der Waals surface area contributed by atoms with Gasteiger partial charge < -0.3 is 10.1 Å². The lowest BCUT2D eigenvalue weighted by Crippen LogP contribution is -2.30. The maximum Gasteiger partial charge on any atom is 0.266 e. The Balaban J connectivity index is 1.83. The number of fused-ring (bicyclic) bond motifs is 1. The van der Waals surface area contributed by atoms with E-state index in [1.54, 1.807) is 29.9 Å². The number of nitrogens with one attached hydrogen (secondary N) is 1. The first-order chi connectivity index (χ1) is 16.8. The molecule has 0 radical (unpaired) electrons. The molecule has 0 unspecified atom stereocenters. The lowest BCUT2D eigenvalue weighted by Gasteiger charge is -2.15. The summed E-state index contributed by atoms with van der Waals surface area (Å²) >= 11 is 1.50. The fourth-order valence-corrected chi connectivity index (χ4v) is 4.88. The van der Waals surface area contributed by atoms with Gasteiger partial charge in [-0.2, -0.15) is 0 Å². The van der Waals surface area contributed by atoms with E-state index in [-0.39, 0.29) is 17.5 Å². The van der Waals surface area contributed by atoms with Gasteiger partial charge in [-0.1, -0.05) is 35.5 Å². The molecule has 7 heteroatoms. The number of aryl methyl sites for hydroxylation is 2. The Morgan fingerprint density at radius 1 is 1.06 bits per heavy atom. The second-order valence-electron chi connectivity index (χ2n) is 8.81. The summed E-state index contributed by atoms with van der Waals surface area (Å²) in [6.07, 6.45) is 0. The van der Waals surface area contributed by atoms with Gasteiger partial charge in [0.05, 0.1) is 23.7 Å². The van der Waals surface area contributed by atoms with Crippen LogP contribution in [0, 0.1) is 13.8 Å². The molecule has 0 aliphatic rings. The van der Waals surface area contributed by atoms with Crippen molar-refractivity contribution >= 4 is 28.6 Å². The third kappa shape index (κ3) is 5.41. The van der Waals surface area contributed by atoms with Gasteiger partial charge in [0, 0.05) is 17.4 Å². The van der Waals surface area contributed by atoms with Crippen LogP contribution >= 0.6 is 11.8 Å². The quantitative estimate of drug-likeness (QED) is 0.278. The molecule has 35 heavy (non-hydrogen) atoms. The average Bonchev–Trinajstić information content (AvgIpc) is 2.84. The number of nitrogens with zero attached hydrogens (tertiary/aromatic N) is 2. The normalized spacial score (nSPS) is 11.1. The smallest absolute Gasteiger partial charge is 0.266 e. The first kappa shape index (κ1) is 24.5. The number of benzene rings is 3. The minimum atomic E-state index is -0.187. The molecule has 0 bridgehead atoms. The van der Waals surface area contributed by atoms with E-state index in [0.29, 0.717) is 38.8 Å². The molecule has 3 aromatic carbocycles. The number of ether oxygens (including phenoxy) is 1. The van der Waals surface area contributed by atoms with Crippen LogP contribution in [-0.4, -0.2) is 28.6 Å². The summed E-state index contributed by atoms with van der Waals surface area (Å²) in [5.41, 5.74) is 5.07. The molecule has 0 saturated carbocycles. The largest absolute Gasteiger partial charge is 0.497 e. The van der Waals surface area contributed by atoms with E-state index in [0.717, 1.165) is 0 Å². The molecule has 4 rings (SSSR count). The van der Waals surface area contributed by atoms with Crippen molar-refractivity contribution in [1.82, 2.24) is 14.9 Å². The highest BCUT2D eigenvalue weighted by Crippen LogP contribution is 2.27. The van der Waals surface area contributed by atoms with Crippen LogP contribution in [0.5, 0.6) is 5.75 Å². The highest BCUT2D eigenvalue weighted by molar-refractivity contribution is 7.98. The number of carbonyl (C=O) groups excluding carboxylic acids is 1. The number of rotatable bonds is 7. The summed E-state index contributed by atoms with van der Waals surface area (Å²) in [6, 6.07) is 18.8. The zero-order valence-electron chi connectivity index (χ0n) is 20.6. The molecular formula is C28H29N3O3S. The van der Waals surface area contributed by atoms with Crippen LogP contribution in [0.1, 0.15) is 40.9 Å². The number of thioether (sulfide) groups is 1. The van der Waals surface area contributed by atoms with Gasteiger partial charge in [0.15, 0.2) is 5.16 Å². The van der Waals surface area contributed by atoms with Crippen LogP contribution < -0.4 is 15.6 Å². The predicted octanol–water partition coefficient (Wildman–Crippen LogP) is 5.44. The van der Waals surface area contributed by atoms with Crippen molar-refractivity contribution in [1.29, 1.82) is 0 Å². The van der Waals surface area contributed by atoms with E-state index < -0.39 is 0 Å². The summed E-state index contributed by atoms with van der Waals surface area (Å²) in [7, 11) is 1.61. The Morgan fingerprint density at radius 3 is 2.49 bits per heavy atom. The molecule has 0 fully saturated rings. The molecule has 0 aliphatic heterocycles. The summed E-state index contributed by atoms with van der Waals surface area (Å²) in [5, 5.41) is 3.91. The summed E-state index contributed by atoms with van der Waals surface area (Å²) in [5.74, 6) is 1.18. The number of amides is 1. The van der Waals surface area contributed by atoms with E-state index in [1.807, 2.05) is 38.1 Å². The Bertz CT molecular complexity index is 1440. The summed E-state index contributed by atoms with van der Waals surface area (Å²) in [4.78, 5) is 31.1. The van der Waals surface area contributed by atoms with Crippen LogP contribution in [-0.2, 0) is 5.75 Å². The molecule has 180 valence electrons. The molecule has 1 N–H and O–H groups in total. The number of hydrogen-bond donors (Lipinski definition) is 1. The van der Waals surface area contributed by atoms with Crippen molar-refractivity contribution in [2.24, 2.45) is 0 Å². The Hall–Kier alpha value is -3.58. The van der Waals surface area contributed by atoms with Gasteiger partial charge in [0.2, 0.25) is 0 Å². The minimum absolute atomic E-state index is 0.0120. The lowest BCUT2D eigenvalue weighted by molar-refractivity contribution is 0.0943. The number of methoxy groups -OCH3 is 1. The van der Waals surface area contributed by atoms with Crippen LogP contribution in [0.15, 0.2) is 70.6 Å². The first-order valence-electron chi connectivity index (χ1n) is 11.5. The molecule has 1 amide bonds. The average molecular weight is 488 g/mol. The molecule has 1 aromatic heterocycles. The van der Waals surface area contributed by atoms with Crippen LogP contribution in [0.25, 0.3) is 16.6 Å². The number of carbonyl (C=O) groups is 1. The Kier molecular flexibility index (Phi) is 7.26. The van der Waals surface area contributed by atoms with Crippen molar-refractivity contribution in [3.8, 4) is 11.4 Å². The molecule has 0 aliphatic carbocycles. The molecule has 1 heterocycles. The van der Waals surface area contributed by atoms with E-state index >= 15 is 0 Å². The van der Waals surface area contributed by atoms with E-state index in [4.69, 9.17) is 9.72 Å². The molecule has 0 atom stereocenters. The third-order valence-corrected chi connectivity index (χ3v) is 6.70. The van der Waals surface area contributed by atoms with Crippen LogP contribution in [0.3, 0.4) is 0 Å². The van der Waals surface area contributed by atoms with Gasteiger partial charge in [-0.05, 0) is 81.3 Å². The van der Waals surface area contributed by atoms with Gasteiger partial charge in [-0.3, -0.25) is 14.2 Å². The van der Waals surface area contributed by atoms with Crippen LogP contribution in [0.4, 0.5) is 0 Å². The Labute approximate surface area is 209 Å². The third-order valence-electron chi connectivity index (χ3n) is 5.71. The van der Waals surface area contributed by atoms with E-state index in [1.165, 1.54) is 28.5 Å². The van der Waals surface area contributed by atoms with Gasteiger partial charge in [0.25, 0.3) is 11.5 Å². The van der Waals surface area contributed by atoms with Crippen molar-refractivity contribution in [2.75, 3.05) is 7.11 Å².